The lowest BCUT2D eigenvalue weighted by molar-refractivity contribution is -0.162. The molecule has 0 aromatic rings. The van der Waals surface area contributed by atoms with Gasteiger partial charge >= 0.3 is 11.9 Å². The molecule has 0 spiro atoms. The number of aliphatic carboxylic acids is 1. The van der Waals surface area contributed by atoms with Crippen LogP contribution in [-0.2, 0) is 28.7 Å². The van der Waals surface area contributed by atoms with E-state index in [1.54, 1.807) is 20.8 Å². The number of rotatable bonds is 11. The Labute approximate surface area is 218 Å². The van der Waals surface area contributed by atoms with E-state index in [-0.39, 0.29) is 32.5 Å². The summed E-state index contributed by atoms with van der Waals surface area (Å²) >= 11 is 0. The first-order chi connectivity index (χ1) is 17.2. The summed E-state index contributed by atoms with van der Waals surface area (Å²) in [7, 11) is 0. The second kappa shape index (κ2) is 15.4. The van der Waals surface area contributed by atoms with Gasteiger partial charge in [-0.1, -0.05) is 0 Å². The van der Waals surface area contributed by atoms with Crippen LogP contribution in [0, 0.1) is 0 Å². The molecule has 212 valence electrons. The first-order valence-electron chi connectivity index (χ1n) is 12.4. The van der Waals surface area contributed by atoms with Gasteiger partial charge in [0, 0.05) is 58.8 Å². The summed E-state index contributed by atoms with van der Waals surface area (Å²) < 4.78 is 5.59. The molecule has 1 saturated heterocycles. The molecule has 7 N–H and O–H groups in total. The topological polar surface area (TPSA) is 206 Å². The normalized spacial score (nSPS) is 18.8. The molecule has 0 aromatic carbocycles. The number of nitrogens with zero attached hydrogens (tertiary/aromatic N) is 4. The third kappa shape index (κ3) is 14.5. The van der Waals surface area contributed by atoms with Gasteiger partial charge in [-0.15, -0.1) is 0 Å². The average Bonchev–Trinajstić information content (AvgIpc) is 2.72. The Morgan fingerprint density at radius 2 is 1.08 bits per heavy atom. The molecule has 37 heavy (non-hydrogen) atoms. The highest BCUT2D eigenvalue weighted by molar-refractivity contribution is 5.78. The van der Waals surface area contributed by atoms with Crippen molar-refractivity contribution in [2.45, 2.75) is 45.3 Å². The monoisotopic (exact) mass is 529 g/mol. The zero-order valence-electron chi connectivity index (χ0n) is 22.2. The molecule has 0 aromatic heterocycles. The third-order valence-corrected chi connectivity index (χ3v) is 5.76. The highest BCUT2D eigenvalue weighted by atomic mass is 16.6. The summed E-state index contributed by atoms with van der Waals surface area (Å²) in [6.07, 6.45) is -0.208. The van der Waals surface area contributed by atoms with Crippen LogP contribution in [0.15, 0.2) is 0 Å². The molecular formula is C23H43N7O7. The molecule has 1 heterocycles. The number of ether oxygens (including phenoxy) is 1. The van der Waals surface area contributed by atoms with Crippen LogP contribution in [0.5, 0.6) is 0 Å². The van der Waals surface area contributed by atoms with Gasteiger partial charge in [0.1, 0.15) is 11.6 Å². The van der Waals surface area contributed by atoms with E-state index in [2.05, 4.69) is 0 Å². The summed E-state index contributed by atoms with van der Waals surface area (Å²) in [4.78, 5) is 66.7. The van der Waals surface area contributed by atoms with Gasteiger partial charge in [0.2, 0.25) is 17.7 Å². The van der Waals surface area contributed by atoms with Gasteiger partial charge in [-0.25, -0.2) is 0 Å². The van der Waals surface area contributed by atoms with Crippen molar-refractivity contribution in [3.8, 4) is 0 Å². The minimum absolute atomic E-state index is 0.0108. The smallest absolute Gasteiger partial charge is 0.323 e. The fraction of sp³-hybridized carbons (Fsp3) is 0.783. The van der Waals surface area contributed by atoms with Crippen molar-refractivity contribution in [1.82, 2.24) is 19.6 Å². The average molecular weight is 530 g/mol. The van der Waals surface area contributed by atoms with Crippen molar-refractivity contribution < 1.29 is 33.8 Å². The number of primary amides is 3. The highest BCUT2D eigenvalue weighted by Crippen LogP contribution is 2.16. The van der Waals surface area contributed by atoms with Crippen molar-refractivity contribution in [2.75, 3.05) is 72.0 Å². The molecule has 1 fully saturated rings. The van der Waals surface area contributed by atoms with Gasteiger partial charge in [-0.05, 0) is 27.2 Å². The Morgan fingerprint density at radius 3 is 1.38 bits per heavy atom. The van der Waals surface area contributed by atoms with Crippen molar-refractivity contribution in [3.63, 3.8) is 0 Å². The fourth-order valence-corrected chi connectivity index (χ4v) is 4.08. The number of hydrogen-bond donors (Lipinski definition) is 4. The fourth-order valence-electron chi connectivity index (χ4n) is 4.08. The van der Waals surface area contributed by atoms with Gasteiger partial charge in [-0.2, -0.15) is 0 Å². The number of esters is 1. The molecule has 1 unspecified atom stereocenters. The van der Waals surface area contributed by atoms with E-state index in [1.165, 1.54) is 0 Å². The van der Waals surface area contributed by atoms with E-state index in [0.717, 1.165) is 0 Å². The third-order valence-electron chi connectivity index (χ3n) is 5.76. The number of carbonyl (C=O) groups is 5. The quantitative estimate of drug-likeness (QED) is 0.202. The minimum Gasteiger partial charge on any atom is -0.481 e. The summed E-state index contributed by atoms with van der Waals surface area (Å²) in [5.41, 5.74) is 15.5. The largest absolute Gasteiger partial charge is 0.481 e. The maximum Gasteiger partial charge on any atom is 0.323 e. The zero-order valence-corrected chi connectivity index (χ0v) is 22.2. The van der Waals surface area contributed by atoms with E-state index < -0.39 is 41.3 Å². The minimum atomic E-state index is -1.04. The van der Waals surface area contributed by atoms with E-state index in [1.807, 2.05) is 19.6 Å². The Morgan fingerprint density at radius 1 is 0.730 bits per heavy atom. The Hall–Kier alpha value is -2.81. The Balaban J connectivity index is 3.26. The summed E-state index contributed by atoms with van der Waals surface area (Å²) in [5.74, 6) is -3.14. The van der Waals surface area contributed by atoms with Gasteiger partial charge in [0.15, 0.2) is 0 Å². The van der Waals surface area contributed by atoms with Crippen LogP contribution in [0.4, 0.5) is 0 Å². The Bertz CT molecular complexity index is 771. The molecule has 1 aliphatic heterocycles. The van der Waals surface area contributed by atoms with Crippen LogP contribution >= 0.6 is 0 Å². The van der Waals surface area contributed by atoms with Crippen molar-refractivity contribution in [2.24, 2.45) is 17.2 Å². The van der Waals surface area contributed by atoms with Gasteiger partial charge in [-0.3, -0.25) is 43.6 Å². The standard InChI is InChI=1S/C23H43N7O7/c1-23(2,3)37-22(36)17(4-5-21(34)35)30-12-10-28(15-19(25)32)8-6-27(14-18(24)31)7-9-29(11-13-30)16-20(26)33/h17H,4-16H2,1-3H3,(H2,24,31)(H2,25,32)(H2,26,33)(H,34,35). The van der Waals surface area contributed by atoms with E-state index in [0.29, 0.717) is 52.4 Å². The molecule has 1 rings (SSSR count). The van der Waals surface area contributed by atoms with Crippen LogP contribution in [0.3, 0.4) is 0 Å². The Kier molecular flexibility index (Phi) is 13.4. The maximum absolute atomic E-state index is 13.1. The van der Waals surface area contributed by atoms with Crippen molar-refractivity contribution in [1.29, 1.82) is 0 Å². The molecule has 0 aliphatic carbocycles. The SMILES string of the molecule is CC(C)(C)OC(=O)C(CCC(=O)O)N1CCN(CC(N)=O)CCN(CC(N)=O)CCN(CC(N)=O)CC1. The molecule has 1 aliphatic rings. The van der Waals surface area contributed by atoms with Gasteiger partial charge in [0.05, 0.1) is 19.6 Å². The second-order valence-corrected chi connectivity index (χ2v) is 10.2. The predicted octanol–water partition coefficient (Wildman–Crippen LogP) is -2.76. The van der Waals surface area contributed by atoms with Crippen LogP contribution < -0.4 is 17.2 Å². The van der Waals surface area contributed by atoms with Crippen LogP contribution in [-0.4, -0.2) is 138 Å². The number of carbonyl (C=O) groups excluding carboxylic acids is 4. The van der Waals surface area contributed by atoms with E-state index >= 15 is 0 Å². The molecule has 3 amide bonds. The number of hydrogen-bond acceptors (Lipinski definition) is 10. The molecule has 1 atom stereocenters. The lowest BCUT2D eigenvalue weighted by atomic mass is 10.1. The molecule has 0 bridgehead atoms. The first-order valence-corrected chi connectivity index (χ1v) is 12.4. The van der Waals surface area contributed by atoms with Gasteiger partial charge in [0.25, 0.3) is 0 Å². The molecular weight excluding hydrogens is 486 g/mol. The molecule has 14 nitrogen and oxygen atoms in total. The van der Waals surface area contributed by atoms with Crippen molar-refractivity contribution in [3.05, 3.63) is 0 Å². The number of nitrogens with two attached hydrogens (primary N) is 3. The molecule has 0 radical (unpaired) electrons. The van der Waals surface area contributed by atoms with Gasteiger partial charge < -0.3 is 27.0 Å². The highest BCUT2D eigenvalue weighted by Gasteiger charge is 2.32. The van der Waals surface area contributed by atoms with Crippen LogP contribution in [0.2, 0.25) is 0 Å². The lowest BCUT2D eigenvalue weighted by Gasteiger charge is -2.36. The maximum atomic E-state index is 13.1. The van der Waals surface area contributed by atoms with Crippen LogP contribution in [0.25, 0.3) is 0 Å². The van der Waals surface area contributed by atoms with Crippen LogP contribution in [0.1, 0.15) is 33.6 Å². The number of amides is 3. The number of carboxylic acid groups (broad SMARTS) is 1. The first kappa shape index (κ1) is 32.2. The summed E-state index contributed by atoms with van der Waals surface area (Å²) in [5, 5.41) is 9.27. The summed E-state index contributed by atoms with van der Waals surface area (Å²) in [6, 6.07) is -0.851. The zero-order chi connectivity index (χ0) is 28.2. The number of carboxylic acids is 1. The molecule has 0 saturated carbocycles. The predicted molar refractivity (Wildman–Crippen MR) is 135 cm³/mol. The molecule has 14 heteroatoms. The van der Waals surface area contributed by atoms with E-state index in [9.17, 15) is 29.1 Å². The van der Waals surface area contributed by atoms with E-state index in [4.69, 9.17) is 21.9 Å². The summed E-state index contributed by atoms with van der Waals surface area (Å²) in [6.45, 7) is 8.05. The lowest BCUT2D eigenvalue weighted by Crippen LogP contribution is -2.53. The van der Waals surface area contributed by atoms with Crippen molar-refractivity contribution >= 4 is 29.7 Å². The second-order valence-electron chi connectivity index (χ2n) is 10.2.